The number of rotatable bonds is 8. The molecule has 9 heteroatoms. The first kappa shape index (κ1) is 25.3. The average Bonchev–Trinajstić information content (AvgIpc) is 3.51. The van der Waals surface area contributed by atoms with Gasteiger partial charge in [-0.1, -0.05) is 73.7 Å². The Hall–Kier alpha value is -4.34. The first-order chi connectivity index (χ1) is 18.4. The molecule has 0 saturated heterocycles. The maximum atomic E-state index is 12.1. The topological polar surface area (TPSA) is 109 Å². The molecular weight excluding hydrogens is 498 g/mol. The van der Waals surface area contributed by atoms with E-state index in [1.165, 1.54) is 16.9 Å². The number of benzene rings is 3. The van der Waals surface area contributed by atoms with E-state index >= 15 is 0 Å². The van der Waals surface area contributed by atoms with E-state index in [1.807, 2.05) is 61.0 Å². The van der Waals surface area contributed by atoms with E-state index in [0.29, 0.717) is 23.7 Å². The zero-order chi connectivity index (χ0) is 26.6. The molecule has 2 aromatic heterocycles. The Bertz CT molecular complexity index is 1590. The lowest BCUT2D eigenvalue weighted by Crippen LogP contribution is -2.18. The van der Waals surface area contributed by atoms with Crippen LogP contribution in [0.5, 0.6) is 0 Å². The molecule has 3 N–H and O–H groups in total. The summed E-state index contributed by atoms with van der Waals surface area (Å²) in [5, 5.41) is 17.3. The minimum Gasteiger partial charge on any atom is -0.302 e. The number of fused-ring (bicyclic) bond motifs is 1. The van der Waals surface area contributed by atoms with Crippen LogP contribution in [-0.2, 0) is 17.8 Å². The molecule has 0 aliphatic heterocycles. The highest BCUT2D eigenvalue weighted by molar-refractivity contribution is 7.22. The summed E-state index contributed by atoms with van der Waals surface area (Å²) < 4.78 is 2.93. The van der Waals surface area contributed by atoms with Gasteiger partial charge in [-0.25, -0.2) is 10.5 Å². The van der Waals surface area contributed by atoms with E-state index in [4.69, 9.17) is 10.3 Å². The fourth-order valence-corrected chi connectivity index (χ4v) is 5.01. The van der Waals surface area contributed by atoms with Crippen molar-refractivity contribution in [2.24, 2.45) is 5.92 Å². The second-order valence-corrected chi connectivity index (χ2v) is 10.4. The molecule has 2 heterocycles. The van der Waals surface area contributed by atoms with Gasteiger partial charge in [-0.15, -0.1) is 0 Å². The molecule has 0 aliphatic rings. The second-order valence-electron chi connectivity index (χ2n) is 9.32. The number of carbonyl (C=O) groups is 2. The second kappa shape index (κ2) is 11.0. The molecule has 0 unspecified atom stereocenters. The molecule has 0 atom stereocenters. The van der Waals surface area contributed by atoms with Crippen molar-refractivity contribution in [1.82, 2.24) is 20.2 Å². The third-order valence-electron chi connectivity index (χ3n) is 6.15. The first-order valence-electron chi connectivity index (χ1n) is 12.3. The van der Waals surface area contributed by atoms with Crippen LogP contribution in [-0.4, -0.2) is 31.8 Å². The highest BCUT2D eigenvalue weighted by Gasteiger charge is 2.15. The van der Waals surface area contributed by atoms with Crippen molar-refractivity contribution in [3.05, 3.63) is 101 Å². The Morgan fingerprint density at radius 1 is 0.974 bits per heavy atom. The van der Waals surface area contributed by atoms with Gasteiger partial charge in [0.25, 0.3) is 5.91 Å². The quantitative estimate of drug-likeness (QED) is 0.183. The van der Waals surface area contributed by atoms with Crippen LogP contribution >= 0.6 is 11.3 Å². The van der Waals surface area contributed by atoms with Gasteiger partial charge in [0.2, 0.25) is 5.91 Å². The molecule has 8 nitrogen and oxygen atoms in total. The molecule has 0 bridgehead atoms. The number of amides is 2. The van der Waals surface area contributed by atoms with E-state index < -0.39 is 5.91 Å². The van der Waals surface area contributed by atoms with E-state index in [0.717, 1.165) is 32.7 Å². The third kappa shape index (κ3) is 5.64. The van der Waals surface area contributed by atoms with Gasteiger partial charge in [-0.3, -0.25) is 19.5 Å². The molecule has 5 rings (SSSR count). The smallest absolute Gasteiger partial charge is 0.274 e. The minimum absolute atomic E-state index is 0.0598. The molecule has 0 saturated carbocycles. The summed E-state index contributed by atoms with van der Waals surface area (Å²) in [6.45, 7) is 4.20. The Morgan fingerprint density at radius 2 is 1.74 bits per heavy atom. The number of hydroxylamine groups is 1. The van der Waals surface area contributed by atoms with E-state index in [-0.39, 0.29) is 11.8 Å². The molecule has 2 amide bonds. The summed E-state index contributed by atoms with van der Waals surface area (Å²) in [5.74, 6) is -0.735. The van der Waals surface area contributed by atoms with Crippen LogP contribution in [0.25, 0.3) is 21.5 Å². The molecule has 3 aromatic carbocycles. The van der Waals surface area contributed by atoms with Crippen LogP contribution in [0.3, 0.4) is 0 Å². The van der Waals surface area contributed by atoms with Crippen LogP contribution in [0.4, 0.5) is 5.13 Å². The van der Waals surface area contributed by atoms with Gasteiger partial charge >= 0.3 is 0 Å². The summed E-state index contributed by atoms with van der Waals surface area (Å²) in [5.41, 5.74) is 7.88. The summed E-state index contributed by atoms with van der Waals surface area (Å²) in [4.78, 5) is 28.4. The third-order valence-corrected chi connectivity index (χ3v) is 7.08. The number of aromatic nitrogens is 3. The first-order valence-corrected chi connectivity index (χ1v) is 13.1. The van der Waals surface area contributed by atoms with Crippen LogP contribution < -0.4 is 10.8 Å². The molecular formula is C29H27N5O3S. The number of nitrogens with one attached hydrogen (secondary N) is 2. The van der Waals surface area contributed by atoms with Crippen molar-refractivity contribution in [3.63, 3.8) is 0 Å². The normalized spacial score (nSPS) is 11.2. The SMILES string of the molecule is CC(C)C(=O)Nc1nc2ccc(-c3cc(Cc4ccccc4)nn3Cc3ccc(C(=O)NO)cc3)cc2s1. The predicted molar refractivity (Wildman–Crippen MR) is 148 cm³/mol. The zero-order valence-electron chi connectivity index (χ0n) is 21.0. The van der Waals surface area contributed by atoms with Gasteiger partial charge in [0, 0.05) is 23.5 Å². The molecule has 38 heavy (non-hydrogen) atoms. The van der Waals surface area contributed by atoms with Crippen molar-refractivity contribution < 1.29 is 14.8 Å². The van der Waals surface area contributed by atoms with Crippen molar-refractivity contribution in [3.8, 4) is 11.3 Å². The van der Waals surface area contributed by atoms with E-state index in [9.17, 15) is 9.59 Å². The maximum absolute atomic E-state index is 12.1. The standard InChI is InChI=1S/C29H27N5O3S/c1-18(2)27(35)31-29-30-24-13-12-22(15-26(24)38-29)25-16-23(14-19-6-4-3-5-7-19)32-34(25)17-20-8-10-21(11-9-20)28(36)33-37/h3-13,15-16,18,37H,14,17H2,1-2H3,(H,33,36)(H,30,31,35). The van der Waals surface area contributed by atoms with E-state index in [1.54, 1.807) is 17.6 Å². The van der Waals surface area contributed by atoms with Crippen LogP contribution in [0.2, 0.25) is 0 Å². The lowest BCUT2D eigenvalue weighted by molar-refractivity contribution is -0.118. The van der Waals surface area contributed by atoms with Crippen molar-refractivity contribution >= 4 is 38.5 Å². The Labute approximate surface area is 223 Å². The number of carbonyl (C=O) groups excluding carboxylic acids is 2. The lowest BCUT2D eigenvalue weighted by Gasteiger charge is -2.09. The average molecular weight is 526 g/mol. The number of hydrogen-bond donors (Lipinski definition) is 3. The Kier molecular flexibility index (Phi) is 7.30. The summed E-state index contributed by atoms with van der Waals surface area (Å²) >= 11 is 1.45. The fourth-order valence-electron chi connectivity index (χ4n) is 4.10. The number of anilines is 1. The summed E-state index contributed by atoms with van der Waals surface area (Å²) in [6, 6.07) is 25.4. The van der Waals surface area contributed by atoms with Gasteiger partial charge in [-0.2, -0.15) is 5.10 Å². The Balaban J connectivity index is 1.49. The van der Waals surface area contributed by atoms with Crippen molar-refractivity contribution in [2.45, 2.75) is 26.8 Å². The highest BCUT2D eigenvalue weighted by Crippen LogP contribution is 2.32. The predicted octanol–water partition coefficient (Wildman–Crippen LogP) is 5.51. The number of thiazole rings is 1. The molecule has 5 aromatic rings. The fraction of sp³-hybridized carbons (Fsp3) is 0.172. The number of hydrogen-bond acceptors (Lipinski definition) is 6. The molecule has 0 spiro atoms. The minimum atomic E-state index is -0.553. The summed E-state index contributed by atoms with van der Waals surface area (Å²) in [6.07, 6.45) is 0.699. The lowest BCUT2D eigenvalue weighted by atomic mass is 10.1. The maximum Gasteiger partial charge on any atom is 0.274 e. The largest absolute Gasteiger partial charge is 0.302 e. The van der Waals surface area contributed by atoms with Gasteiger partial charge in [0.15, 0.2) is 5.13 Å². The summed E-state index contributed by atoms with van der Waals surface area (Å²) in [7, 11) is 0. The molecule has 0 fully saturated rings. The molecule has 192 valence electrons. The number of nitrogens with zero attached hydrogens (tertiary/aromatic N) is 3. The van der Waals surface area contributed by atoms with Crippen LogP contribution in [0.15, 0.2) is 78.9 Å². The molecule has 0 aliphatic carbocycles. The van der Waals surface area contributed by atoms with Gasteiger partial charge in [-0.05, 0) is 41.5 Å². The van der Waals surface area contributed by atoms with Crippen LogP contribution in [0.1, 0.15) is 41.0 Å². The van der Waals surface area contributed by atoms with E-state index in [2.05, 4.69) is 34.6 Å². The monoisotopic (exact) mass is 525 g/mol. The highest BCUT2D eigenvalue weighted by atomic mass is 32.1. The van der Waals surface area contributed by atoms with Gasteiger partial charge in [0.1, 0.15) is 0 Å². The van der Waals surface area contributed by atoms with Crippen LogP contribution in [0, 0.1) is 5.92 Å². The van der Waals surface area contributed by atoms with Crippen molar-refractivity contribution in [1.29, 1.82) is 0 Å². The van der Waals surface area contributed by atoms with Crippen molar-refractivity contribution in [2.75, 3.05) is 5.32 Å². The van der Waals surface area contributed by atoms with Gasteiger partial charge < -0.3 is 5.32 Å². The Morgan fingerprint density at radius 3 is 2.45 bits per heavy atom. The molecule has 0 radical (unpaired) electrons. The van der Waals surface area contributed by atoms with Gasteiger partial charge in [0.05, 0.1) is 28.1 Å². The zero-order valence-corrected chi connectivity index (χ0v) is 21.8.